The van der Waals surface area contributed by atoms with E-state index >= 15 is 0 Å². The minimum atomic E-state index is -1.15. The van der Waals surface area contributed by atoms with E-state index in [2.05, 4.69) is 5.32 Å². The number of hydrogen-bond donors (Lipinski definition) is 2. The molecule has 1 amide bonds. The van der Waals surface area contributed by atoms with Gasteiger partial charge in [-0.25, -0.2) is 0 Å². The van der Waals surface area contributed by atoms with Gasteiger partial charge in [0.05, 0.1) is 12.1 Å². The van der Waals surface area contributed by atoms with Gasteiger partial charge in [-0.05, 0) is 18.8 Å². The third-order valence-electron chi connectivity index (χ3n) is 5.62. The fourth-order valence-electron chi connectivity index (χ4n) is 4.40. The van der Waals surface area contributed by atoms with Crippen LogP contribution in [0.1, 0.15) is 59.8 Å². The zero-order chi connectivity index (χ0) is 23.1. The van der Waals surface area contributed by atoms with E-state index in [9.17, 15) is 24.3 Å². The van der Waals surface area contributed by atoms with E-state index in [1.165, 1.54) is 27.7 Å². The quantitative estimate of drug-likeness (QED) is 0.428. The molecule has 10 nitrogen and oxygen atoms in total. The van der Waals surface area contributed by atoms with Gasteiger partial charge < -0.3 is 29.4 Å². The Balaban J connectivity index is 2.42. The number of esters is 3. The van der Waals surface area contributed by atoms with Gasteiger partial charge in [0.2, 0.25) is 5.91 Å². The molecule has 1 unspecified atom stereocenters. The van der Waals surface area contributed by atoms with Crippen LogP contribution in [-0.4, -0.2) is 72.1 Å². The van der Waals surface area contributed by atoms with E-state index in [4.69, 9.17) is 18.9 Å². The minimum absolute atomic E-state index is 0.0624. The van der Waals surface area contributed by atoms with E-state index in [1.807, 2.05) is 0 Å². The summed E-state index contributed by atoms with van der Waals surface area (Å²) in [6.45, 7) is 4.62. The Morgan fingerprint density at radius 2 is 1.52 bits per heavy atom. The molecule has 0 aromatic heterocycles. The van der Waals surface area contributed by atoms with Crippen LogP contribution in [0.3, 0.4) is 0 Å². The lowest BCUT2D eigenvalue weighted by Crippen LogP contribution is -2.69. The Morgan fingerprint density at radius 1 is 0.935 bits per heavy atom. The number of amides is 1. The Morgan fingerprint density at radius 3 is 2.03 bits per heavy atom. The van der Waals surface area contributed by atoms with Crippen LogP contribution in [0, 0.1) is 5.92 Å². The first-order chi connectivity index (χ1) is 14.6. The van der Waals surface area contributed by atoms with Gasteiger partial charge in [-0.1, -0.05) is 19.3 Å². The number of carbonyl (C=O) groups excluding carboxylic acids is 4. The highest BCUT2D eigenvalue weighted by atomic mass is 16.6. The molecule has 6 atom stereocenters. The number of hydrogen-bond acceptors (Lipinski definition) is 9. The van der Waals surface area contributed by atoms with Gasteiger partial charge in [0, 0.05) is 27.7 Å². The van der Waals surface area contributed by atoms with Gasteiger partial charge >= 0.3 is 17.9 Å². The fraction of sp³-hybridized carbons (Fsp3) is 0.810. The van der Waals surface area contributed by atoms with Crippen LogP contribution in [-0.2, 0) is 38.1 Å². The van der Waals surface area contributed by atoms with Gasteiger partial charge in [0.1, 0.15) is 18.8 Å². The van der Waals surface area contributed by atoms with Crippen molar-refractivity contribution < 1.29 is 43.2 Å². The molecule has 0 bridgehead atoms. The SMILES string of the molecule is CC(=O)N[C@@H]1[C@@H](OC(C)=O)[C@H](OC(C)=O)[C@@H](COC(C)=O)O[C@@H]1C(O)C1CCCCC1. The molecular formula is C21H33NO9. The highest BCUT2D eigenvalue weighted by Crippen LogP contribution is 2.35. The zero-order valence-corrected chi connectivity index (χ0v) is 18.5. The monoisotopic (exact) mass is 443 g/mol. The molecule has 0 aromatic rings. The lowest BCUT2D eigenvalue weighted by atomic mass is 9.79. The smallest absolute Gasteiger partial charge is 0.303 e. The first-order valence-electron chi connectivity index (χ1n) is 10.7. The van der Waals surface area contributed by atoms with Crippen molar-refractivity contribution in [3.8, 4) is 0 Å². The molecule has 2 aliphatic rings. The Kier molecular flexibility index (Phi) is 9.24. The number of aliphatic hydroxyl groups is 1. The molecule has 31 heavy (non-hydrogen) atoms. The van der Waals surface area contributed by atoms with Crippen LogP contribution in [0.2, 0.25) is 0 Å². The average Bonchev–Trinajstić information content (AvgIpc) is 2.68. The van der Waals surface area contributed by atoms with Crippen molar-refractivity contribution in [1.29, 1.82) is 0 Å². The first-order valence-corrected chi connectivity index (χ1v) is 10.7. The molecule has 0 spiro atoms. The zero-order valence-electron chi connectivity index (χ0n) is 18.5. The average molecular weight is 443 g/mol. The molecule has 1 saturated heterocycles. The topological polar surface area (TPSA) is 137 Å². The van der Waals surface area contributed by atoms with Gasteiger partial charge in [0.25, 0.3) is 0 Å². The first kappa shape index (κ1) is 25.1. The predicted molar refractivity (Wildman–Crippen MR) is 107 cm³/mol. The minimum Gasteiger partial charge on any atom is -0.463 e. The summed E-state index contributed by atoms with van der Waals surface area (Å²) >= 11 is 0. The second-order valence-corrected chi connectivity index (χ2v) is 8.20. The molecule has 10 heteroatoms. The third kappa shape index (κ3) is 7.17. The van der Waals surface area contributed by atoms with E-state index in [-0.39, 0.29) is 12.5 Å². The Hall–Kier alpha value is -2.20. The molecule has 2 fully saturated rings. The summed E-state index contributed by atoms with van der Waals surface area (Å²) in [6.07, 6.45) is -0.567. The molecule has 1 aliphatic carbocycles. The predicted octanol–water partition coefficient (Wildman–Crippen LogP) is 0.626. The number of nitrogens with one attached hydrogen (secondary N) is 1. The molecule has 1 saturated carbocycles. The molecule has 2 N–H and O–H groups in total. The van der Waals surface area contributed by atoms with Crippen molar-refractivity contribution in [3.05, 3.63) is 0 Å². The molecule has 1 aliphatic heterocycles. The van der Waals surface area contributed by atoms with Gasteiger partial charge in [0.15, 0.2) is 12.2 Å². The van der Waals surface area contributed by atoms with Crippen molar-refractivity contribution in [3.63, 3.8) is 0 Å². The van der Waals surface area contributed by atoms with Crippen LogP contribution >= 0.6 is 0 Å². The van der Waals surface area contributed by atoms with E-state index < -0.39 is 60.4 Å². The number of carbonyl (C=O) groups is 4. The Labute approximate surface area is 181 Å². The van der Waals surface area contributed by atoms with Crippen LogP contribution in [0.15, 0.2) is 0 Å². The summed E-state index contributed by atoms with van der Waals surface area (Å²) in [6, 6.07) is -0.962. The summed E-state index contributed by atoms with van der Waals surface area (Å²) in [5.74, 6) is -2.37. The Bertz CT molecular complexity index is 661. The second-order valence-electron chi connectivity index (χ2n) is 8.20. The highest BCUT2D eigenvalue weighted by Gasteiger charge is 2.53. The van der Waals surface area contributed by atoms with Gasteiger partial charge in [-0.15, -0.1) is 0 Å². The summed E-state index contributed by atoms with van der Waals surface area (Å²) < 4.78 is 22.0. The molecule has 0 aromatic carbocycles. The largest absolute Gasteiger partial charge is 0.463 e. The van der Waals surface area contributed by atoms with Gasteiger partial charge in [-0.3, -0.25) is 19.2 Å². The molecular weight excluding hydrogens is 410 g/mol. The summed E-state index contributed by atoms with van der Waals surface area (Å²) in [4.78, 5) is 46.9. The van der Waals surface area contributed by atoms with Crippen LogP contribution in [0.4, 0.5) is 0 Å². The standard InChI is InChI=1S/C21H33NO9/c1-11(23)22-17-20(18(27)15-8-6-5-7-9-15)31-16(10-28-12(2)24)19(29-13(3)25)21(17)30-14(4)26/h15-21,27H,5-10H2,1-4H3,(H,22,23)/t16-,17+,18?,19-,20+,21-/m1/s1. The summed E-state index contributed by atoms with van der Waals surface area (Å²) in [5, 5.41) is 13.9. The lowest BCUT2D eigenvalue weighted by molar-refractivity contribution is -0.240. The van der Waals surface area contributed by atoms with Crippen LogP contribution in [0.5, 0.6) is 0 Å². The summed E-state index contributed by atoms with van der Waals surface area (Å²) in [7, 11) is 0. The second kappa shape index (κ2) is 11.4. The van der Waals surface area contributed by atoms with Crippen molar-refractivity contribution in [1.82, 2.24) is 5.32 Å². The number of rotatable bonds is 7. The molecule has 176 valence electrons. The van der Waals surface area contributed by atoms with Crippen molar-refractivity contribution >= 4 is 23.8 Å². The molecule has 1 heterocycles. The van der Waals surface area contributed by atoms with Crippen LogP contribution in [0.25, 0.3) is 0 Å². The van der Waals surface area contributed by atoms with E-state index in [1.54, 1.807) is 0 Å². The van der Waals surface area contributed by atoms with Crippen molar-refractivity contribution in [2.24, 2.45) is 5.92 Å². The van der Waals surface area contributed by atoms with E-state index in [0.717, 1.165) is 32.1 Å². The highest BCUT2D eigenvalue weighted by molar-refractivity contribution is 5.73. The summed E-state index contributed by atoms with van der Waals surface area (Å²) in [5.41, 5.74) is 0. The normalized spacial score (nSPS) is 30.0. The number of ether oxygens (including phenoxy) is 4. The maximum atomic E-state index is 11.9. The van der Waals surface area contributed by atoms with Crippen LogP contribution < -0.4 is 5.32 Å². The number of aliphatic hydroxyl groups excluding tert-OH is 1. The van der Waals surface area contributed by atoms with E-state index in [0.29, 0.717) is 0 Å². The molecule has 2 rings (SSSR count). The van der Waals surface area contributed by atoms with Crippen molar-refractivity contribution in [2.45, 2.75) is 96.4 Å². The maximum Gasteiger partial charge on any atom is 0.303 e. The fourth-order valence-corrected chi connectivity index (χ4v) is 4.40. The maximum absolute atomic E-state index is 11.9. The molecule has 0 radical (unpaired) electrons. The third-order valence-corrected chi connectivity index (χ3v) is 5.62. The van der Waals surface area contributed by atoms with Crippen molar-refractivity contribution in [2.75, 3.05) is 6.61 Å². The lowest BCUT2D eigenvalue weighted by Gasteiger charge is -2.48. The van der Waals surface area contributed by atoms with Gasteiger partial charge in [-0.2, -0.15) is 0 Å².